The number of rotatable bonds is 3. The number of aliphatic carboxylic acids is 1. The number of benzene rings is 1. The third-order valence-corrected chi connectivity index (χ3v) is 2.55. The summed E-state index contributed by atoms with van der Waals surface area (Å²) in [4.78, 5) is 23.7. The number of carbonyl (C=O) groups excluding carboxylic acids is 1. The van der Waals surface area contributed by atoms with Crippen molar-refractivity contribution in [1.29, 1.82) is 0 Å². The van der Waals surface area contributed by atoms with E-state index >= 15 is 0 Å². The molecule has 0 aromatic heterocycles. The third kappa shape index (κ3) is 1.60. The highest BCUT2D eigenvalue weighted by molar-refractivity contribution is 6.00. The molecule has 0 saturated carbocycles. The minimum absolute atomic E-state index is 0.253. The van der Waals surface area contributed by atoms with Gasteiger partial charge >= 0.3 is 5.97 Å². The number of carbonyl (C=O) groups is 2. The molecule has 0 saturated heterocycles. The normalized spacial score (nSPS) is 13.8. The van der Waals surface area contributed by atoms with Crippen LogP contribution in [0.3, 0.4) is 0 Å². The summed E-state index contributed by atoms with van der Waals surface area (Å²) >= 11 is 0. The van der Waals surface area contributed by atoms with Crippen molar-refractivity contribution in [3.05, 3.63) is 29.3 Å². The minimum atomic E-state index is -1.01. The Morgan fingerprint density at radius 3 is 2.94 bits per heavy atom. The lowest BCUT2D eigenvalue weighted by Crippen LogP contribution is -2.29. The maximum Gasteiger partial charge on any atom is 0.323 e. The Morgan fingerprint density at radius 1 is 1.56 bits per heavy atom. The second-order valence-electron chi connectivity index (χ2n) is 3.54. The van der Waals surface area contributed by atoms with E-state index < -0.39 is 5.97 Å². The molecule has 1 aromatic rings. The molecule has 0 aliphatic carbocycles. The zero-order valence-corrected chi connectivity index (χ0v) is 8.77. The molecule has 0 atom stereocenters. The quantitative estimate of drug-likeness (QED) is 0.817. The highest BCUT2D eigenvalue weighted by Gasteiger charge is 2.30. The molecule has 84 valence electrons. The largest absolute Gasteiger partial charge is 0.496 e. The van der Waals surface area contributed by atoms with Crippen LogP contribution in [-0.2, 0) is 11.3 Å². The SMILES string of the molecule is COc1cccc2c1CN(CC(=O)O)C2=O. The van der Waals surface area contributed by atoms with E-state index in [0.717, 1.165) is 5.56 Å². The minimum Gasteiger partial charge on any atom is -0.496 e. The number of methoxy groups -OCH3 is 1. The van der Waals surface area contributed by atoms with E-state index in [0.29, 0.717) is 17.9 Å². The van der Waals surface area contributed by atoms with Crippen LogP contribution in [0.2, 0.25) is 0 Å². The van der Waals surface area contributed by atoms with Crippen LogP contribution in [0, 0.1) is 0 Å². The average Bonchev–Trinajstić information content (AvgIpc) is 2.55. The molecule has 1 aliphatic heterocycles. The zero-order valence-electron chi connectivity index (χ0n) is 8.77. The van der Waals surface area contributed by atoms with E-state index in [-0.39, 0.29) is 12.5 Å². The number of amides is 1. The van der Waals surface area contributed by atoms with Gasteiger partial charge in [-0.15, -0.1) is 0 Å². The molecule has 5 heteroatoms. The summed E-state index contributed by atoms with van der Waals surface area (Å²) in [6.45, 7) is 0.0150. The van der Waals surface area contributed by atoms with Crippen molar-refractivity contribution in [3.63, 3.8) is 0 Å². The molecule has 0 fully saturated rings. The summed E-state index contributed by atoms with van der Waals surface area (Å²) in [5.41, 5.74) is 1.29. The van der Waals surface area contributed by atoms with E-state index in [2.05, 4.69) is 0 Å². The van der Waals surface area contributed by atoms with Crippen molar-refractivity contribution in [2.24, 2.45) is 0 Å². The fraction of sp³-hybridized carbons (Fsp3) is 0.273. The molecular formula is C11H11NO4. The van der Waals surface area contributed by atoms with E-state index in [1.54, 1.807) is 18.2 Å². The number of hydrogen-bond acceptors (Lipinski definition) is 3. The Labute approximate surface area is 92.2 Å². The Kier molecular flexibility index (Phi) is 2.52. The topological polar surface area (TPSA) is 66.8 Å². The molecule has 1 amide bonds. The molecule has 0 radical (unpaired) electrons. The molecule has 1 aliphatic rings. The van der Waals surface area contributed by atoms with Gasteiger partial charge in [0.1, 0.15) is 12.3 Å². The van der Waals surface area contributed by atoms with Crippen LogP contribution in [0.25, 0.3) is 0 Å². The summed E-state index contributed by atoms with van der Waals surface area (Å²) in [6, 6.07) is 5.16. The summed E-state index contributed by atoms with van der Waals surface area (Å²) < 4.78 is 5.13. The van der Waals surface area contributed by atoms with Crippen LogP contribution < -0.4 is 4.74 Å². The maximum atomic E-state index is 11.8. The summed E-state index contributed by atoms with van der Waals surface area (Å²) in [5.74, 6) is -0.643. The Morgan fingerprint density at radius 2 is 2.31 bits per heavy atom. The highest BCUT2D eigenvalue weighted by Crippen LogP contribution is 2.30. The smallest absolute Gasteiger partial charge is 0.323 e. The average molecular weight is 221 g/mol. The number of carboxylic acid groups (broad SMARTS) is 1. The van der Waals surface area contributed by atoms with Gasteiger partial charge in [-0.25, -0.2) is 0 Å². The van der Waals surface area contributed by atoms with Crippen LogP contribution in [-0.4, -0.2) is 35.5 Å². The molecule has 2 rings (SSSR count). The highest BCUT2D eigenvalue weighted by atomic mass is 16.5. The predicted octanol–water partition coefficient (Wildman–Crippen LogP) is 0.736. The molecule has 16 heavy (non-hydrogen) atoms. The van der Waals surface area contributed by atoms with E-state index in [1.807, 2.05) is 0 Å². The molecule has 0 unspecified atom stereocenters. The molecule has 0 bridgehead atoms. The number of ether oxygens (including phenoxy) is 1. The van der Waals surface area contributed by atoms with Gasteiger partial charge in [0.2, 0.25) is 0 Å². The monoisotopic (exact) mass is 221 g/mol. The number of hydrogen-bond donors (Lipinski definition) is 1. The number of fused-ring (bicyclic) bond motifs is 1. The Hall–Kier alpha value is -2.04. The lowest BCUT2D eigenvalue weighted by atomic mass is 10.1. The van der Waals surface area contributed by atoms with Gasteiger partial charge in [0.15, 0.2) is 0 Å². The van der Waals surface area contributed by atoms with Crippen LogP contribution >= 0.6 is 0 Å². The van der Waals surface area contributed by atoms with Crippen molar-refractivity contribution in [3.8, 4) is 5.75 Å². The molecule has 1 N–H and O–H groups in total. The molecule has 1 heterocycles. The first-order valence-electron chi connectivity index (χ1n) is 4.80. The van der Waals surface area contributed by atoms with Gasteiger partial charge in [-0.3, -0.25) is 9.59 Å². The molecule has 0 spiro atoms. The van der Waals surface area contributed by atoms with Crippen molar-refractivity contribution in [2.45, 2.75) is 6.54 Å². The van der Waals surface area contributed by atoms with Gasteiger partial charge in [-0.1, -0.05) is 6.07 Å². The van der Waals surface area contributed by atoms with Crippen molar-refractivity contribution in [1.82, 2.24) is 4.90 Å². The second-order valence-corrected chi connectivity index (χ2v) is 3.54. The molecule has 1 aromatic carbocycles. The fourth-order valence-electron chi connectivity index (χ4n) is 1.84. The summed E-state index contributed by atoms with van der Waals surface area (Å²) in [7, 11) is 1.53. The maximum absolute atomic E-state index is 11.8. The van der Waals surface area contributed by atoms with Crippen LogP contribution in [0.5, 0.6) is 5.75 Å². The lowest BCUT2D eigenvalue weighted by Gasteiger charge is -2.11. The standard InChI is InChI=1S/C11H11NO4/c1-16-9-4-2-3-7-8(9)5-12(11(7)15)6-10(13)14/h2-4H,5-6H2,1H3,(H,13,14). The molecular weight excluding hydrogens is 210 g/mol. The number of carboxylic acids is 1. The summed E-state index contributed by atoms with van der Waals surface area (Å²) in [5, 5.41) is 8.67. The first-order valence-corrected chi connectivity index (χ1v) is 4.80. The van der Waals surface area contributed by atoms with Gasteiger partial charge in [-0.2, -0.15) is 0 Å². The zero-order chi connectivity index (χ0) is 11.7. The Bertz CT molecular complexity index is 455. The second kappa shape index (κ2) is 3.84. The van der Waals surface area contributed by atoms with Crippen molar-refractivity contribution in [2.75, 3.05) is 13.7 Å². The van der Waals surface area contributed by atoms with Crippen LogP contribution in [0.1, 0.15) is 15.9 Å². The van der Waals surface area contributed by atoms with E-state index in [4.69, 9.17) is 9.84 Å². The third-order valence-electron chi connectivity index (χ3n) is 2.55. The van der Waals surface area contributed by atoms with Crippen molar-refractivity contribution < 1.29 is 19.4 Å². The van der Waals surface area contributed by atoms with Gasteiger partial charge in [0.05, 0.1) is 13.7 Å². The number of nitrogens with zero attached hydrogens (tertiary/aromatic N) is 1. The van der Waals surface area contributed by atoms with Crippen LogP contribution in [0.4, 0.5) is 0 Å². The van der Waals surface area contributed by atoms with Crippen LogP contribution in [0.15, 0.2) is 18.2 Å². The summed E-state index contributed by atoms with van der Waals surface area (Å²) in [6.07, 6.45) is 0. The van der Waals surface area contributed by atoms with Crippen molar-refractivity contribution >= 4 is 11.9 Å². The van der Waals surface area contributed by atoms with E-state index in [1.165, 1.54) is 12.0 Å². The Balaban J connectivity index is 2.34. The van der Waals surface area contributed by atoms with Gasteiger partial charge in [-0.05, 0) is 12.1 Å². The first-order chi connectivity index (χ1) is 7.63. The molecule has 5 nitrogen and oxygen atoms in total. The fourth-order valence-corrected chi connectivity index (χ4v) is 1.84. The van der Waals surface area contributed by atoms with Gasteiger partial charge in [0.25, 0.3) is 5.91 Å². The first kappa shape index (κ1) is 10.5. The van der Waals surface area contributed by atoms with E-state index in [9.17, 15) is 9.59 Å². The lowest BCUT2D eigenvalue weighted by molar-refractivity contribution is -0.137. The van der Waals surface area contributed by atoms with Gasteiger partial charge < -0.3 is 14.7 Å². The predicted molar refractivity (Wildman–Crippen MR) is 55.4 cm³/mol. The van der Waals surface area contributed by atoms with Gasteiger partial charge in [0, 0.05) is 11.1 Å².